The molecule has 10 heteroatoms. The molecule has 9 nitrogen and oxygen atoms in total. The van der Waals surface area contributed by atoms with Gasteiger partial charge in [-0.15, -0.1) is 0 Å². The molecule has 5 aromatic carbocycles. The number of carboxylic acids is 1. The second-order valence-corrected chi connectivity index (χ2v) is 9.85. The fourth-order valence-corrected chi connectivity index (χ4v) is 4.06. The summed E-state index contributed by atoms with van der Waals surface area (Å²) in [4.78, 5) is 22.5. The minimum absolute atomic E-state index is 0.0706. The lowest BCUT2D eigenvalue weighted by Crippen LogP contribution is -2.06. The fourth-order valence-electron chi connectivity index (χ4n) is 4.06. The van der Waals surface area contributed by atoms with E-state index in [1.165, 1.54) is 6.92 Å². The number of aromatic carboxylic acids is 1. The SMILES string of the molecule is CC(=O)c1cc(OCc2ccccc2)c(OCc2ccccc2)c(OCc2ccccc2)c1.O=C(O)c1cc(O)c(O)c(O)c1.[2H]CF. The number of hydrogen-bond donors (Lipinski definition) is 4. The molecule has 47 heavy (non-hydrogen) atoms. The molecule has 0 aliphatic rings. The number of carboxylic acid groups (broad SMARTS) is 1. The van der Waals surface area contributed by atoms with E-state index in [4.69, 9.17) is 36.0 Å². The maximum Gasteiger partial charge on any atom is 0.335 e. The number of Topliss-reactive ketones (excluding diaryl/α,β-unsaturated/α-hetero) is 1. The van der Waals surface area contributed by atoms with E-state index in [0.29, 0.717) is 42.6 Å². The van der Waals surface area contributed by atoms with Gasteiger partial charge in [-0.1, -0.05) is 91.0 Å². The van der Waals surface area contributed by atoms with E-state index in [0.717, 1.165) is 28.8 Å². The summed E-state index contributed by atoms with van der Waals surface area (Å²) in [6.45, 7) is 2.58. The molecular weight excluding hydrogens is 607 g/mol. The quantitative estimate of drug-likeness (QED) is 0.0840. The molecule has 0 bridgehead atoms. The summed E-state index contributed by atoms with van der Waals surface area (Å²) < 4.78 is 34.0. The molecular formula is C37H35FO9. The standard InChI is InChI=1S/C29H26O4.C7H6O5.CH3F/c1-22(30)26-17-27(31-19-23-11-5-2-6-12-23)29(33-21-25-15-9-4-10-16-25)28(18-26)32-20-24-13-7-3-8-14-24;8-4-1-3(7(11)12)2-5(9)6(4)10;1-2/h2-18H,19-21H2,1H3;1-2,8-10H,(H,11,12);1H3/i;;1D. The Morgan fingerprint density at radius 3 is 1.34 bits per heavy atom. The number of ether oxygens (including phenoxy) is 3. The Kier molecular flexibility index (Phi) is 13.0. The van der Waals surface area contributed by atoms with Crippen LogP contribution in [0.25, 0.3) is 0 Å². The first-order valence-electron chi connectivity index (χ1n) is 14.9. The fraction of sp³-hybridized carbons (Fsp3) is 0.135. The zero-order chi connectivity index (χ0) is 34.9. The van der Waals surface area contributed by atoms with Gasteiger partial charge in [0, 0.05) is 5.56 Å². The number of ketones is 1. The van der Waals surface area contributed by atoms with E-state index in [1.54, 1.807) is 12.1 Å². The van der Waals surface area contributed by atoms with Gasteiger partial charge in [-0.2, -0.15) is 0 Å². The van der Waals surface area contributed by atoms with Crippen molar-refractivity contribution in [2.45, 2.75) is 26.7 Å². The van der Waals surface area contributed by atoms with E-state index < -0.39 is 30.4 Å². The third kappa shape index (κ3) is 10.8. The maximum absolute atomic E-state index is 12.2. The molecule has 0 saturated carbocycles. The van der Waals surface area contributed by atoms with E-state index >= 15 is 0 Å². The number of phenolic OH excluding ortho intramolecular Hbond substituents is 3. The Balaban J connectivity index is 0.000000347. The van der Waals surface area contributed by atoms with E-state index in [-0.39, 0.29) is 11.3 Å². The minimum Gasteiger partial charge on any atom is -0.504 e. The van der Waals surface area contributed by atoms with Crippen molar-refractivity contribution in [3.8, 4) is 34.5 Å². The van der Waals surface area contributed by atoms with Crippen molar-refractivity contribution < 1.29 is 50.0 Å². The summed E-state index contributed by atoms with van der Waals surface area (Å²) in [5.41, 5.74) is 3.28. The van der Waals surface area contributed by atoms with Crippen LogP contribution in [0.4, 0.5) is 4.39 Å². The van der Waals surface area contributed by atoms with Crippen LogP contribution < -0.4 is 14.2 Å². The van der Waals surface area contributed by atoms with E-state index in [2.05, 4.69) is 0 Å². The van der Waals surface area contributed by atoms with Gasteiger partial charge in [0.2, 0.25) is 5.75 Å². The van der Waals surface area contributed by atoms with Crippen molar-refractivity contribution in [3.63, 3.8) is 0 Å². The number of rotatable bonds is 11. The predicted molar refractivity (Wildman–Crippen MR) is 174 cm³/mol. The minimum atomic E-state index is -1.29. The molecule has 0 heterocycles. The van der Waals surface area contributed by atoms with Gasteiger partial charge in [0.25, 0.3) is 0 Å². The van der Waals surface area contributed by atoms with Crippen molar-refractivity contribution in [2.24, 2.45) is 0 Å². The third-order valence-electron chi connectivity index (χ3n) is 6.44. The monoisotopic (exact) mass is 643 g/mol. The Hall–Kier alpha value is -6.03. The number of phenols is 3. The average molecular weight is 644 g/mol. The summed E-state index contributed by atoms with van der Waals surface area (Å²) in [6, 6.07) is 34.8. The van der Waals surface area contributed by atoms with Crippen molar-refractivity contribution in [1.29, 1.82) is 0 Å². The highest BCUT2D eigenvalue weighted by Gasteiger charge is 2.18. The van der Waals surface area contributed by atoms with Gasteiger partial charge in [-0.05, 0) is 47.9 Å². The van der Waals surface area contributed by atoms with Crippen LogP contribution in [0.1, 0.15) is 45.7 Å². The smallest absolute Gasteiger partial charge is 0.335 e. The first kappa shape index (κ1) is 33.9. The van der Waals surface area contributed by atoms with Crippen LogP contribution in [0, 0.1) is 0 Å². The molecule has 0 aromatic heterocycles. The maximum atomic E-state index is 12.2. The molecule has 0 radical (unpaired) electrons. The number of hydrogen-bond acceptors (Lipinski definition) is 8. The highest BCUT2D eigenvalue weighted by molar-refractivity contribution is 5.95. The van der Waals surface area contributed by atoms with Gasteiger partial charge < -0.3 is 34.6 Å². The van der Waals surface area contributed by atoms with Gasteiger partial charge in [-0.3, -0.25) is 9.18 Å². The summed E-state index contributed by atoms with van der Waals surface area (Å²) in [6.07, 6.45) is 0. The number of carbonyl (C=O) groups excluding carboxylic acids is 1. The molecule has 0 atom stereocenters. The van der Waals surface area contributed by atoms with Gasteiger partial charge in [0.1, 0.15) is 19.8 Å². The van der Waals surface area contributed by atoms with Crippen molar-refractivity contribution in [3.05, 3.63) is 143 Å². The second-order valence-electron chi connectivity index (χ2n) is 9.85. The van der Waals surface area contributed by atoms with Gasteiger partial charge >= 0.3 is 5.97 Å². The number of benzene rings is 5. The topological polar surface area (TPSA) is 143 Å². The number of alkyl halides is 1. The average Bonchev–Trinajstić information content (AvgIpc) is 3.09. The summed E-state index contributed by atoms with van der Waals surface area (Å²) >= 11 is 0. The van der Waals surface area contributed by atoms with Crippen LogP contribution >= 0.6 is 0 Å². The Labute approximate surface area is 273 Å². The lowest BCUT2D eigenvalue weighted by Gasteiger charge is -2.18. The first-order valence-corrected chi connectivity index (χ1v) is 14.2. The number of aromatic hydroxyl groups is 3. The zero-order valence-electron chi connectivity index (χ0n) is 26.5. The highest BCUT2D eigenvalue weighted by Crippen LogP contribution is 2.40. The van der Waals surface area contributed by atoms with Gasteiger partial charge in [0.05, 0.1) is 14.1 Å². The highest BCUT2D eigenvalue weighted by atomic mass is 19.1. The van der Waals surface area contributed by atoms with Crippen LogP contribution in [0.5, 0.6) is 34.5 Å². The predicted octanol–water partition coefficient (Wildman–Crippen LogP) is 7.71. The number of halogens is 1. The molecule has 244 valence electrons. The Bertz CT molecular complexity index is 1660. The largest absolute Gasteiger partial charge is 0.504 e. The summed E-state index contributed by atoms with van der Waals surface area (Å²) in [5, 5.41) is 35.0. The van der Waals surface area contributed by atoms with Crippen LogP contribution in [0.2, 0.25) is 0 Å². The van der Waals surface area contributed by atoms with Crippen LogP contribution in [0.3, 0.4) is 0 Å². The van der Waals surface area contributed by atoms with Crippen molar-refractivity contribution >= 4 is 11.8 Å². The molecule has 0 aliphatic heterocycles. The lowest BCUT2D eigenvalue weighted by atomic mass is 10.1. The first-order chi connectivity index (χ1) is 23.1. The molecule has 0 spiro atoms. The normalized spacial score (nSPS) is 10.2. The van der Waals surface area contributed by atoms with Crippen LogP contribution in [-0.4, -0.2) is 39.3 Å². The molecule has 5 aromatic rings. The van der Waals surface area contributed by atoms with Crippen LogP contribution in [-0.2, 0) is 19.8 Å². The van der Waals surface area contributed by atoms with E-state index in [9.17, 15) is 14.0 Å². The summed E-state index contributed by atoms with van der Waals surface area (Å²) in [7, 11) is -1.00. The molecule has 5 rings (SSSR count). The van der Waals surface area contributed by atoms with Crippen molar-refractivity contribution in [2.75, 3.05) is 7.15 Å². The molecule has 0 aliphatic carbocycles. The molecule has 0 amide bonds. The van der Waals surface area contributed by atoms with Gasteiger partial charge in [-0.25, -0.2) is 4.79 Å². The zero-order valence-corrected chi connectivity index (χ0v) is 25.5. The van der Waals surface area contributed by atoms with Crippen LogP contribution in [0.15, 0.2) is 115 Å². The van der Waals surface area contributed by atoms with Crippen molar-refractivity contribution in [1.82, 2.24) is 0 Å². The Morgan fingerprint density at radius 2 is 1.00 bits per heavy atom. The van der Waals surface area contributed by atoms with Gasteiger partial charge in [0.15, 0.2) is 34.5 Å². The second kappa shape index (κ2) is 18.1. The Morgan fingerprint density at radius 1 is 0.638 bits per heavy atom. The molecule has 0 saturated heterocycles. The lowest BCUT2D eigenvalue weighted by molar-refractivity contribution is 0.0695. The molecule has 0 fully saturated rings. The molecule has 0 unspecified atom stereocenters. The third-order valence-corrected chi connectivity index (χ3v) is 6.44. The molecule has 4 N–H and O–H groups in total. The van der Waals surface area contributed by atoms with E-state index in [1.807, 2.05) is 91.0 Å². The summed E-state index contributed by atoms with van der Waals surface area (Å²) in [5.74, 6) is -1.97. The number of carbonyl (C=O) groups is 2.